The highest BCUT2D eigenvalue weighted by atomic mass is 16.4. The first-order chi connectivity index (χ1) is 7.91. The normalized spacial score (nSPS) is 14.2. The van der Waals surface area contributed by atoms with E-state index in [1.54, 1.807) is 6.20 Å². The molecule has 0 saturated heterocycles. The van der Waals surface area contributed by atoms with Gasteiger partial charge in [-0.05, 0) is 11.6 Å². The predicted octanol–water partition coefficient (Wildman–Crippen LogP) is 1.51. The van der Waals surface area contributed by atoms with Gasteiger partial charge in [0.2, 0.25) is 11.6 Å². The third-order valence-corrected chi connectivity index (χ3v) is 2.54. The lowest BCUT2D eigenvalue weighted by atomic mass is 9.97. The van der Waals surface area contributed by atoms with Crippen molar-refractivity contribution >= 4 is 11.2 Å². The lowest BCUT2D eigenvalue weighted by Gasteiger charge is -2.11. The van der Waals surface area contributed by atoms with Crippen LogP contribution in [0, 0.1) is 0 Å². The first kappa shape index (κ1) is 12.0. The number of nitrogens with zero attached hydrogens (tertiary/aromatic N) is 2. The molecule has 0 amide bonds. The van der Waals surface area contributed by atoms with Gasteiger partial charge in [-0.1, -0.05) is 20.8 Å². The van der Waals surface area contributed by atoms with Crippen molar-refractivity contribution < 1.29 is 9.52 Å². The summed E-state index contributed by atoms with van der Waals surface area (Å²) in [6, 6.07) is 1.38. The molecular weight excluding hydrogens is 218 g/mol. The van der Waals surface area contributed by atoms with Gasteiger partial charge >= 0.3 is 0 Å². The summed E-state index contributed by atoms with van der Waals surface area (Å²) in [7, 11) is 0. The second-order valence-corrected chi connectivity index (χ2v) is 5.15. The number of aliphatic hydroxyl groups is 1. The van der Waals surface area contributed by atoms with Crippen LogP contribution in [0.2, 0.25) is 0 Å². The van der Waals surface area contributed by atoms with E-state index in [4.69, 9.17) is 15.3 Å². The van der Waals surface area contributed by atoms with Gasteiger partial charge < -0.3 is 15.3 Å². The topological polar surface area (TPSA) is 85.2 Å². The molecule has 1 unspecified atom stereocenters. The molecule has 0 spiro atoms. The van der Waals surface area contributed by atoms with Gasteiger partial charge in [0.15, 0.2) is 0 Å². The van der Waals surface area contributed by atoms with Gasteiger partial charge in [0.05, 0.1) is 12.6 Å². The third kappa shape index (κ3) is 2.30. The van der Waals surface area contributed by atoms with Gasteiger partial charge in [0.25, 0.3) is 0 Å². The van der Waals surface area contributed by atoms with Crippen LogP contribution in [0.5, 0.6) is 0 Å². The van der Waals surface area contributed by atoms with E-state index in [9.17, 15) is 0 Å². The van der Waals surface area contributed by atoms with E-state index in [1.165, 1.54) is 0 Å². The standard InChI is InChI=1S/C12H17N3O2/c1-12(2,3)11-15-9-4-7(8(13)6-16)5-14-10(9)17-11/h4-5,8,16H,6,13H2,1-3H3. The second kappa shape index (κ2) is 4.09. The number of hydrogen-bond donors (Lipinski definition) is 2. The van der Waals surface area contributed by atoms with Crippen LogP contribution < -0.4 is 5.73 Å². The Morgan fingerprint density at radius 1 is 1.47 bits per heavy atom. The number of aromatic nitrogens is 2. The van der Waals surface area contributed by atoms with Crippen molar-refractivity contribution in [2.24, 2.45) is 5.73 Å². The quantitative estimate of drug-likeness (QED) is 0.824. The van der Waals surface area contributed by atoms with Crippen LogP contribution in [0.15, 0.2) is 16.7 Å². The largest absolute Gasteiger partial charge is 0.422 e. The minimum absolute atomic E-state index is 0.114. The van der Waals surface area contributed by atoms with Crippen LogP contribution in [0.25, 0.3) is 11.2 Å². The maximum Gasteiger partial charge on any atom is 0.246 e. The molecule has 5 heteroatoms. The molecule has 2 rings (SSSR count). The van der Waals surface area contributed by atoms with Crippen LogP contribution in [0.3, 0.4) is 0 Å². The fourth-order valence-corrected chi connectivity index (χ4v) is 1.47. The fraction of sp³-hybridized carbons (Fsp3) is 0.500. The summed E-state index contributed by atoms with van der Waals surface area (Å²) < 4.78 is 5.58. The predicted molar refractivity (Wildman–Crippen MR) is 64.5 cm³/mol. The zero-order valence-corrected chi connectivity index (χ0v) is 10.3. The average molecular weight is 235 g/mol. The Balaban J connectivity index is 2.48. The monoisotopic (exact) mass is 235 g/mol. The molecule has 3 N–H and O–H groups in total. The van der Waals surface area contributed by atoms with Gasteiger partial charge in [0, 0.05) is 11.6 Å². The van der Waals surface area contributed by atoms with Crippen LogP contribution in [-0.2, 0) is 5.41 Å². The Labute approximate surface area is 99.7 Å². The first-order valence-corrected chi connectivity index (χ1v) is 5.55. The van der Waals surface area contributed by atoms with Gasteiger partial charge in [0.1, 0.15) is 5.52 Å². The Hall–Kier alpha value is -1.46. The van der Waals surface area contributed by atoms with Crippen molar-refractivity contribution in [2.45, 2.75) is 32.2 Å². The molecule has 0 fully saturated rings. The van der Waals surface area contributed by atoms with Gasteiger partial charge in [-0.2, -0.15) is 0 Å². The van der Waals surface area contributed by atoms with E-state index in [0.29, 0.717) is 17.1 Å². The number of aliphatic hydroxyl groups excluding tert-OH is 1. The van der Waals surface area contributed by atoms with Gasteiger partial charge in [-0.3, -0.25) is 0 Å². The maximum atomic E-state index is 9.00. The minimum atomic E-state index is -0.429. The summed E-state index contributed by atoms with van der Waals surface area (Å²) in [4.78, 5) is 8.56. The van der Waals surface area contributed by atoms with Crippen molar-refractivity contribution in [3.63, 3.8) is 0 Å². The molecule has 0 bridgehead atoms. The van der Waals surface area contributed by atoms with Crippen LogP contribution >= 0.6 is 0 Å². The van der Waals surface area contributed by atoms with Crippen LogP contribution in [0.4, 0.5) is 0 Å². The van der Waals surface area contributed by atoms with Crippen LogP contribution in [-0.4, -0.2) is 21.7 Å². The number of oxazole rings is 1. The maximum absolute atomic E-state index is 9.00. The number of nitrogens with two attached hydrogens (primary N) is 1. The molecule has 2 heterocycles. The highest BCUT2D eigenvalue weighted by Gasteiger charge is 2.21. The van der Waals surface area contributed by atoms with E-state index in [2.05, 4.69) is 9.97 Å². The zero-order chi connectivity index (χ0) is 12.6. The molecule has 0 aromatic carbocycles. The molecule has 2 aromatic rings. The second-order valence-electron chi connectivity index (χ2n) is 5.15. The average Bonchev–Trinajstić information content (AvgIpc) is 2.70. The smallest absolute Gasteiger partial charge is 0.246 e. The lowest BCUT2D eigenvalue weighted by molar-refractivity contribution is 0.268. The first-order valence-electron chi connectivity index (χ1n) is 5.55. The molecule has 0 aliphatic heterocycles. The molecule has 0 saturated carbocycles. The molecular formula is C12H17N3O2. The SMILES string of the molecule is CC(C)(C)c1nc2cc(C(N)CO)cnc2o1. The van der Waals surface area contributed by atoms with E-state index in [-0.39, 0.29) is 12.0 Å². The molecule has 0 radical (unpaired) electrons. The van der Waals surface area contributed by atoms with Crippen molar-refractivity contribution in [1.29, 1.82) is 0 Å². The van der Waals surface area contributed by atoms with Gasteiger partial charge in [-0.15, -0.1) is 0 Å². The van der Waals surface area contributed by atoms with Gasteiger partial charge in [-0.25, -0.2) is 9.97 Å². The highest BCUT2D eigenvalue weighted by Crippen LogP contribution is 2.25. The Kier molecular flexibility index (Phi) is 2.89. The molecule has 0 aliphatic rings. The van der Waals surface area contributed by atoms with Crippen molar-refractivity contribution in [1.82, 2.24) is 9.97 Å². The summed E-state index contributed by atoms with van der Waals surface area (Å²) in [6.45, 7) is 5.96. The Morgan fingerprint density at radius 2 is 2.18 bits per heavy atom. The summed E-state index contributed by atoms with van der Waals surface area (Å²) in [5, 5.41) is 9.00. The minimum Gasteiger partial charge on any atom is -0.422 e. The zero-order valence-electron chi connectivity index (χ0n) is 10.3. The van der Waals surface area contributed by atoms with E-state index in [0.717, 1.165) is 5.56 Å². The number of hydrogen-bond acceptors (Lipinski definition) is 5. The fourth-order valence-electron chi connectivity index (χ4n) is 1.47. The summed E-state index contributed by atoms with van der Waals surface area (Å²) in [6.07, 6.45) is 1.61. The lowest BCUT2D eigenvalue weighted by Crippen LogP contribution is -2.14. The van der Waals surface area contributed by atoms with Crippen molar-refractivity contribution in [3.05, 3.63) is 23.7 Å². The van der Waals surface area contributed by atoms with E-state index >= 15 is 0 Å². The summed E-state index contributed by atoms with van der Waals surface area (Å²) in [5.74, 6) is 0.648. The molecule has 92 valence electrons. The van der Waals surface area contributed by atoms with Crippen molar-refractivity contribution in [2.75, 3.05) is 6.61 Å². The molecule has 1 atom stereocenters. The highest BCUT2D eigenvalue weighted by molar-refractivity contribution is 5.69. The number of rotatable bonds is 2. The molecule has 0 aliphatic carbocycles. The Morgan fingerprint density at radius 3 is 2.76 bits per heavy atom. The number of pyridine rings is 1. The van der Waals surface area contributed by atoms with E-state index in [1.807, 2.05) is 26.8 Å². The third-order valence-electron chi connectivity index (χ3n) is 2.54. The van der Waals surface area contributed by atoms with E-state index < -0.39 is 6.04 Å². The summed E-state index contributed by atoms with van der Waals surface area (Å²) >= 11 is 0. The van der Waals surface area contributed by atoms with Crippen LogP contribution in [0.1, 0.15) is 38.3 Å². The number of fused-ring (bicyclic) bond motifs is 1. The molecule has 2 aromatic heterocycles. The summed E-state index contributed by atoms with van der Waals surface area (Å²) in [5.41, 5.74) is 7.52. The molecule has 17 heavy (non-hydrogen) atoms. The van der Waals surface area contributed by atoms with Crippen molar-refractivity contribution in [3.8, 4) is 0 Å². The molecule has 5 nitrogen and oxygen atoms in total. The Bertz CT molecular complexity index is 528.